The van der Waals surface area contributed by atoms with Gasteiger partial charge in [-0.2, -0.15) is 0 Å². The molecule has 0 saturated heterocycles. The fraction of sp³-hybridized carbons (Fsp3) is 0.462. The van der Waals surface area contributed by atoms with E-state index in [4.69, 9.17) is 4.74 Å². The van der Waals surface area contributed by atoms with Crippen molar-refractivity contribution in [1.29, 1.82) is 0 Å². The maximum atomic E-state index is 11.0. The van der Waals surface area contributed by atoms with E-state index in [2.05, 4.69) is 0 Å². The molecule has 82 valence electrons. The molecule has 0 heterocycles. The molecule has 15 heavy (non-hydrogen) atoms. The molecule has 1 aromatic carbocycles. The number of methoxy groups -OCH3 is 1. The van der Waals surface area contributed by atoms with Crippen LogP contribution in [0.2, 0.25) is 0 Å². The van der Waals surface area contributed by atoms with E-state index in [0.29, 0.717) is 0 Å². The van der Waals surface area contributed by atoms with Crippen molar-refractivity contribution in [2.75, 3.05) is 7.11 Å². The van der Waals surface area contributed by atoms with Gasteiger partial charge in [0.05, 0.1) is 7.11 Å². The molecule has 2 heteroatoms. The van der Waals surface area contributed by atoms with E-state index in [1.165, 1.54) is 0 Å². The lowest BCUT2D eigenvalue weighted by Crippen LogP contribution is -2.04. The van der Waals surface area contributed by atoms with Crippen molar-refractivity contribution < 1.29 is 9.53 Å². The van der Waals surface area contributed by atoms with Gasteiger partial charge in [-0.1, -0.05) is 6.92 Å². The lowest BCUT2D eigenvalue weighted by atomic mass is 9.90. The molecule has 0 radical (unpaired) electrons. The van der Waals surface area contributed by atoms with Gasteiger partial charge in [-0.15, -0.1) is 0 Å². The van der Waals surface area contributed by atoms with Gasteiger partial charge in [0.1, 0.15) is 12.0 Å². The number of hydrogen-bond acceptors (Lipinski definition) is 2. The lowest BCUT2D eigenvalue weighted by molar-refractivity contribution is -0.109. The molecule has 0 fully saturated rings. The number of carbonyl (C=O) groups excluding carboxylic acids is 1. The Bertz CT molecular complexity index is 333. The molecule has 2 nitrogen and oxygen atoms in total. The molecule has 0 aromatic heterocycles. The zero-order valence-electron chi connectivity index (χ0n) is 9.83. The molecule has 0 spiro atoms. The quantitative estimate of drug-likeness (QED) is 0.708. The average Bonchev–Trinajstić information content (AvgIpc) is 2.23. The van der Waals surface area contributed by atoms with Crippen LogP contribution in [-0.2, 0) is 4.79 Å². The van der Waals surface area contributed by atoms with Crippen molar-refractivity contribution in [1.82, 2.24) is 0 Å². The Balaban J connectivity index is 3.23. The molecule has 0 aliphatic carbocycles. The smallest absolute Gasteiger partial charge is 0.127 e. The summed E-state index contributed by atoms with van der Waals surface area (Å²) in [5.41, 5.74) is 3.41. The fourth-order valence-corrected chi connectivity index (χ4v) is 2.01. The summed E-state index contributed by atoms with van der Waals surface area (Å²) in [4.78, 5) is 11.0. The molecule has 1 rings (SSSR count). The highest BCUT2D eigenvalue weighted by molar-refractivity contribution is 5.65. The monoisotopic (exact) mass is 206 g/mol. The van der Waals surface area contributed by atoms with Crippen LogP contribution >= 0.6 is 0 Å². The molecule has 0 saturated carbocycles. The second-order valence-corrected chi connectivity index (χ2v) is 3.83. The summed E-state index contributed by atoms with van der Waals surface area (Å²) in [5.74, 6) is 0.866. The van der Waals surface area contributed by atoms with Crippen molar-refractivity contribution in [3.05, 3.63) is 28.8 Å². The van der Waals surface area contributed by atoms with Crippen LogP contribution in [0, 0.1) is 13.8 Å². The highest BCUT2D eigenvalue weighted by atomic mass is 16.5. The van der Waals surface area contributed by atoms with Gasteiger partial charge in [0.25, 0.3) is 0 Å². The third-order valence-electron chi connectivity index (χ3n) is 2.78. The topological polar surface area (TPSA) is 26.3 Å². The maximum Gasteiger partial charge on any atom is 0.127 e. The van der Waals surface area contributed by atoms with Gasteiger partial charge < -0.3 is 9.53 Å². The predicted molar refractivity (Wildman–Crippen MR) is 61.6 cm³/mol. The first-order valence-corrected chi connectivity index (χ1v) is 5.24. The standard InChI is InChI=1S/C13H18O2/c1-5-11(8-14)13-9(2)6-12(15-4)7-10(13)3/h6-8,11H,5H2,1-4H3. The van der Waals surface area contributed by atoms with Crippen molar-refractivity contribution in [2.24, 2.45) is 0 Å². The summed E-state index contributed by atoms with van der Waals surface area (Å²) < 4.78 is 5.19. The lowest BCUT2D eigenvalue weighted by Gasteiger charge is -2.16. The molecular formula is C13H18O2. The van der Waals surface area contributed by atoms with Gasteiger partial charge >= 0.3 is 0 Å². The number of aldehydes is 1. The van der Waals surface area contributed by atoms with E-state index < -0.39 is 0 Å². The van der Waals surface area contributed by atoms with E-state index in [9.17, 15) is 4.79 Å². The van der Waals surface area contributed by atoms with E-state index in [1.54, 1.807) is 7.11 Å². The van der Waals surface area contributed by atoms with Crippen LogP contribution in [0.1, 0.15) is 36.0 Å². The Kier molecular flexibility index (Phi) is 3.89. The summed E-state index contributed by atoms with van der Waals surface area (Å²) in [6.45, 7) is 6.08. The molecular weight excluding hydrogens is 188 g/mol. The first-order valence-electron chi connectivity index (χ1n) is 5.24. The van der Waals surface area contributed by atoms with E-state index in [1.807, 2.05) is 32.9 Å². The van der Waals surface area contributed by atoms with Gasteiger partial charge in [-0.25, -0.2) is 0 Å². The molecule has 1 atom stereocenters. The van der Waals surface area contributed by atoms with E-state index in [-0.39, 0.29) is 5.92 Å². The van der Waals surface area contributed by atoms with Crippen molar-refractivity contribution in [3.63, 3.8) is 0 Å². The Morgan fingerprint density at radius 2 is 1.87 bits per heavy atom. The zero-order chi connectivity index (χ0) is 11.4. The molecule has 0 aliphatic heterocycles. The van der Waals surface area contributed by atoms with Crippen LogP contribution < -0.4 is 4.74 Å². The average molecular weight is 206 g/mol. The third-order valence-corrected chi connectivity index (χ3v) is 2.78. The molecule has 0 aliphatic rings. The summed E-state index contributed by atoms with van der Waals surface area (Å²) in [6.07, 6.45) is 1.87. The highest BCUT2D eigenvalue weighted by Crippen LogP contribution is 2.28. The first kappa shape index (κ1) is 11.8. The van der Waals surface area contributed by atoms with Crippen molar-refractivity contribution in [2.45, 2.75) is 33.1 Å². The second-order valence-electron chi connectivity index (χ2n) is 3.83. The largest absolute Gasteiger partial charge is 0.497 e. The van der Waals surface area contributed by atoms with E-state index in [0.717, 1.165) is 35.1 Å². The van der Waals surface area contributed by atoms with Gasteiger partial charge in [0, 0.05) is 5.92 Å². The van der Waals surface area contributed by atoms with Crippen LogP contribution in [-0.4, -0.2) is 13.4 Å². The number of ether oxygens (including phenoxy) is 1. The Hall–Kier alpha value is -1.31. The van der Waals surface area contributed by atoms with Crippen molar-refractivity contribution >= 4 is 6.29 Å². The van der Waals surface area contributed by atoms with Gasteiger partial charge in [0.15, 0.2) is 0 Å². The van der Waals surface area contributed by atoms with Crippen molar-refractivity contribution in [3.8, 4) is 5.75 Å². The first-order chi connectivity index (χ1) is 7.13. The number of carbonyl (C=O) groups is 1. The zero-order valence-corrected chi connectivity index (χ0v) is 9.83. The second kappa shape index (κ2) is 4.96. The minimum absolute atomic E-state index is 0.0101. The third kappa shape index (κ3) is 2.38. The summed E-state index contributed by atoms with van der Waals surface area (Å²) in [6, 6.07) is 3.96. The molecule has 1 aromatic rings. The predicted octanol–water partition coefficient (Wildman–Crippen LogP) is 3.00. The normalized spacial score (nSPS) is 12.3. The van der Waals surface area contributed by atoms with E-state index >= 15 is 0 Å². The highest BCUT2D eigenvalue weighted by Gasteiger charge is 2.14. The fourth-order valence-electron chi connectivity index (χ4n) is 2.01. The Morgan fingerprint density at radius 3 is 2.20 bits per heavy atom. The number of rotatable bonds is 4. The minimum Gasteiger partial charge on any atom is -0.497 e. The number of hydrogen-bond donors (Lipinski definition) is 0. The van der Waals surface area contributed by atoms with Gasteiger partial charge in [-0.05, 0) is 49.1 Å². The molecule has 1 unspecified atom stereocenters. The van der Waals surface area contributed by atoms with Crippen LogP contribution in [0.25, 0.3) is 0 Å². The van der Waals surface area contributed by atoms with Crippen LogP contribution in [0.4, 0.5) is 0 Å². The van der Waals surface area contributed by atoms with Gasteiger partial charge in [0.2, 0.25) is 0 Å². The van der Waals surface area contributed by atoms with Crippen LogP contribution in [0.3, 0.4) is 0 Å². The van der Waals surface area contributed by atoms with Crippen LogP contribution in [0.15, 0.2) is 12.1 Å². The summed E-state index contributed by atoms with van der Waals surface area (Å²) in [7, 11) is 1.66. The summed E-state index contributed by atoms with van der Waals surface area (Å²) in [5, 5.41) is 0. The SMILES string of the molecule is CCC(C=O)c1c(C)cc(OC)cc1C. The maximum absolute atomic E-state index is 11.0. The Labute approximate surface area is 91.3 Å². The minimum atomic E-state index is 0.0101. The van der Waals surface area contributed by atoms with Gasteiger partial charge in [-0.3, -0.25) is 0 Å². The summed E-state index contributed by atoms with van der Waals surface area (Å²) >= 11 is 0. The molecule has 0 bridgehead atoms. The number of benzene rings is 1. The Morgan fingerprint density at radius 1 is 1.33 bits per heavy atom. The number of aryl methyl sites for hydroxylation is 2. The molecule has 0 amide bonds. The van der Waals surface area contributed by atoms with Crippen LogP contribution in [0.5, 0.6) is 5.75 Å². The molecule has 0 N–H and O–H groups in total.